The van der Waals surface area contributed by atoms with Gasteiger partial charge in [0, 0.05) is 34.3 Å². The van der Waals surface area contributed by atoms with Crippen LogP contribution in [-0.2, 0) is 0 Å². The van der Waals surface area contributed by atoms with Crippen molar-refractivity contribution in [2.24, 2.45) is 0 Å². The van der Waals surface area contributed by atoms with E-state index in [0.29, 0.717) is 5.56 Å². The van der Waals surface area contributed by atoms with Gasteiger partial charge in [0.2, 0.25) is 0 Å². The standard InChI is InChI=1S/C46H35N3/c1-29-10-14-38(31(3)22-29)35-12-16-40-41-17-13-36(39-15-11-30(2)23-32(39)4)26-45(41)49(44(40)25-35)46-27-42(34-18-20-48-21-19-34)37(28-47)24-43(46)33-8-6-5-7-9-33/h5-27H,1-4H3. The maximum atomic E-state index is 10.5. The molecule has 6 aromatic carbocycles. The summed E-state index contributed by atoms with van der Waals surface area (Å²) in [6.45, 7) is 8.66. The first-order chi connectivity index (χ1) is 23.9. The fourth-order valence-corrected chi connectivity index (χ4v) is 7.37. The highest BCUT2D eigenvalue weighted by Gasteiger charge is 2.21. The van der Waals surface area contributed by atoms with Crippen molar-refractivity contribution in [1.82, 2.24) is 9.55 Å². The third kappa shape index (κ3) is 5.29. The Kier molecular flexibility index (Phi) is 7.43. The predicted molar refractivity (Wildman–Crippen MR) is 204 cm³/mol. The number of rotatable bonds is 5. The van der Waals surface area contributed by atoms with E-state index in [1.165, 1.54) is 55.3 Å². The number of pyridine rings is 1. The van der Waals surface area contributed by atoms with Gasteiger partial charge in [-0.15, -0.1) is 0 Å². The minimum atomic E-state index is 0.626. The highest BCUT2D eigenvalue weighted by atomic mass is 15.0. The van der Waals surface area contributed by atoms with E-state index < -0.39 is 0 Å². The van der Waals surface area contributed by atoms with E-state index >= 15 is 0 Å². The van der Waals surface area contributed by atoms with Crippen LogP contribution in [0.25, 0.3) is 72.0 Å². The first-order valence-corrected chi connectivity index (χ1v) is 16.7. The van der Waals surface area contributed by atoms with Crippen LogP contribution in [0.3, 0.4) is 0 Å². The van der Waals surface area contributed by atoms with Crippen LogP contribution in [0.2, 0.25) is 0 Å². The zero-order chi connectivity index (χ0) is 33.6. The highest BCUT2D eigenvalue weighted by molar-refractivity contribution is 6.12. The van der Waals surface area contributed by atoms with Crippen LogP contribution in [-0.4, -0.2) is 9.55 Å². The van der Waals surface area contributed by atoms with Gasteiger partial charge in [-0.05, 0) is 109 Å². The Morgan fingerprint density at radius 1 is 0.490 bits per heavy atom. The fraction of sp³-hybridized carbons (Fsp3) is 0.0870. The van der Waals surface area contributed by atoms with E-state index in [-0.39, 0.29) is 0 Å². The second-order valence-electron chi connectivity index (χ2n) is 13.1. The fourth-order valence-electron chi connectivity index (χ4n) is 7.37. The van der Waals surface area contributed by atoms with E-state index in [9.17, 15) is 5.26 Å². The third-order valence-corrected chi connectivity index (χ3v) is 9.73. The molecular formula is C46H35N3. The van der Waals surface area contributed by atoms with E-state index in [2.05, 4.69) is 153 Å². The summed E-state index contributed by atoms with van der Waals surface area (Å²) in [5.74, 6) is 0. The van der Waals surface area contributed by atoms with Gasteiger partial charge in [-0.3, -0.25) is 4.98 Å². The minimum Gasteiger partial charge on any atom is -0.309 e. The van der Waals surface area contributed by atoms with Crippen molar-refractivity contribution >= 4 is 21.8 Å². The molecule has 0 amide bonds. The molecule has 8 aromatic rings. The molecule has 2 aromatic heterocycles. The van der Waals surface area contributed by atoms with Crippen molar-refractivity contribution in [2.45, 2.75) is 27.7 Å². The first-order valence-electron chi connectivity index (χ1n) is 16.7. The number of benzene rings is 6. The van der Waals surface area contributed by atoms with Crippen molar-refractivity contribution < 1.29 is 0 Å². The predicted octanol–water partition coefficient (Wildman–Crippen LogP) is 12.0. The Morgan fingerprint density at radius 2 is 1.04 bits per heavy atom. The van der Waals surface area contributed by atoms with Gasteiger partial charge in [0.15, 0.2) is 0 Å². The van der Waals surface area contributed by atoms with Crippen LogP contribution in [0, 0.1) is 39.0 Å². The number of hydrogen-bond donors (Lipinski definition) is 0. The van der Waals surface area contributed by atoms with Gasteiger partial charge < -0.3 is 4.57 Å². The Hall–Kier alpha value is -6.24. The lowest BCUT2D eigenvalue weighted by Gasteiger charge is -2.18. The Balaban J connectivity index is 1.51. The zero-order valence-corrected chi connectivity index (χ0v) is 28.1. The molecule has 3 heteroatoms. The summed E-state index contributed by atoms with van der Waals surface area (Å²) < 4.78 is 2.42. The number of hydrogen-bond acceptors (Lipinski definition) is 2. The summed E-state index contributed by atoms with van der Waals surface area (Å²) in [5, 5.41) is 12.8. The van der Waals surface area contributed by atoms with E-state index in [4.69, 9.17) is 0 Å². The maximum Gasteiger partial charge on any atom is 0.0998 e. The molecule has 8 rings (SSSR count). The molecule has 0 fully saturated rings. The molecule has 49 heavy (non-hydrogen) atoms. The highest BCUT2D eigenvalue weighted by Crippen LogP contribution is 2.42. The van der Waals surface area contributed by atoms with E-state index in [1.807, 2.05) is 18.2 Å². The second-order valence-corrected chi connectivity index (χ2v) is 13.1. The lowest BCUT2D eigenvalue weighted by atomic mass is 9.93. The van der Waals surface area contributed by atoms with Gasteiger partial charge in [0.05, 0.1) is 28.4 Å². The minimum absolute atomic E-state index is 0.626. The van der Waals surface area contributed by atoms with Crippen molar-refractivity contribution in [1.29, 1.82) is 5.26 Å². The number of fused-ring (bicyclic) bond motifs is 3. The van der Waals surface area contributed by atoms with Crippen molar-refractivity contribution in [3.8, 4) is 56.3 Å². The van der Waals surface area contributed by atoms with Gasteiger partial charge in [-0.25, -0.2) is 0 Å². The molecule has 0 radical (unpaired) electrons. The smallest absolute Gasteiger partial charge is 0.0998 e. The summed E-state index contributed by atoms with van der Waals surface area (Å²) in [4.78, 5) is 4.26. The quantitative estimate of drug-likeness (QED) is 0.190. The average Bonchev–Trinajstić information content (AvgIpc) is 3.44. The SMILES string of the molecule is Cc1ccc(-c2ccc3c4ccc(-c5ccc(C)cc5C)cc4n(-c4cc(-c5ccncc5)c(C#N)cc4-c4ccccc4)c3c2)c(C)c1. The summed E-state index contributed by atoms with van der Waals surface area (Å²) in [7, 11) is 0. The van der Waals surface area contributed by atoms with E-state index in [1.54, 1.807) is 12.4 Å². The monoisotopic (exact) mass is 629 g/mol. The largest absolute Gasteiger partial charge is 0.309 e. The molecule has 0 saturated carbocycles. The van der Waals surface area contributed by atoms with Crippen LogP contribution >= 0.6 is 0 Å². The normalized spacial score (nSPS) is 11.2. The number of aryl methyl sites for hydroxylation is 4. The molecule has 3 nitrogen and oxygen atoms in total. The average molecular weight is 630 g/mol. The second kappa shape index (κ2) is 12.1. The van der Waals surface area contributed by atoms with Gasteiger partial charge in [-0.1, -0.05) is 102 Å². The molecule has 0 bridgehead atoms. The Morgan fingerprint density at radius 3 is 1.57 bits per heavy atom. The molecule has 0 saturated heterocycles. The van der Waals surface area contributed by atoms with Crippen LogP contribution in [0.4, 0.5) is 0 Å². The maximum absolute atomic E-state index is 10.5. The van der Waals surface area contributed by atoms with Gasteiger partial charge in [-0.2, -0.15) is 5.26 Å². The third-order valence-electron chi connectivity index (χ3n) is 9.73. The molecule has 0 aliphatic carbocycles. The summed E-state index contributed by atoms with van der Waals surface area (Å²) in [6.07, 6.45) is 3.57. The molecule has 0 unspecified atom stereocenters. The molecular weight excluding hydrogens is 595 g/mol. The summed E-state index contributed by atoms with van der Waals surface area (Å²) in [5.41, 5.74) is 17.6. The van der Waals surface area contributed by atoms with Gasteiger partial charge in [0.1, 0.15) is 0 Å². The number of nitriles is 1. The van der Waals surface area contributed by atoms with Gasteiger partial charge in [0.25, 0.3) is 0 Å². The first kappa shape index (κ1) is 30.1. The molecule has 0 atom stereocenters. The molecule has 0 spiro atoms. The number of nitrogens with zero attached hydrogens (tertiary/aromatic N) is 3. The zero-order valence-electron chi connectivity index (χ0n) is 28.1. The molecule has 0 aliphatic rings. The lowest BCUT2D eigenvalue weighted by Crippen LogP contribution is -2.00. The summed E-state index contributed by atoms with van der Waals surface area (Å²) >= 11 is 0. The van der Waals surface area contributed by atoms with Crippen molar-refractivity contribution in [3.05, 3.63) is 168 Å². The van der Waals surface area contributed by atoms with Crippen LogP contribution in [0.5, 0.6) is 0 Å². The van der Waals surface area contributed by atoms with Crippen molar-refractivity contribution in [2.75, 3.05) is 0 Å². The number of aromatic nitrogens is 2. The van der Waals surface area contributed by atoms with Gasteiger partial charge >= 0.3 is 0 Å². The Labute approximate surface area is 287 Å². The van der Waals surface area contributed by atoms with Crippen LogP contribution < -0.4 is 0 Å². The lowest BCUT2D eigenvalue weighted by molar-refractivity contribution is 1.18. The van der Waals surface area contributed by atoms with E-state index in [0.717, 1.165) is 39.0 Å². The van der Waals surface area contributed by atoms with Crippen LogP contribution in [0.15, 0.2) is 140 Å². The Bertz CT molecular complexity index is 2480. The van der Waals surface area contributed by atoms with Crippen LogP contribution in [0.1, 0.15) is 27.8 Å². The molecule has 0 aliphatic heterocycles. The summed E-state index contributed by atoms with van der Waals surface area (Å²) in [6, 6.07) is 48.2. The topological polar surface area (TPSA) is 41.6 Å². The molecule has 0 N–H and O–H groups in total. The molecule has 2 heterocycles. The molecule has 234 valence electrons. The van der Waals surface area contributed by atoms with Crippen molar-refractivity contribution in [3.63, 3.8) is 0 Å².